The van der Waals surface area contributed by atoms with E-state index in [0.29, 0.717) is 0 Å². The third kappa shape index (κ3) is 1.98. The lowest BCUT2D eigenvalue weighted by Crippen LogP contribution is -1.99. The van der Waals surface area contributed by atoms with Crippen LogP contribution in [0.1, 0.15) is 10.4 Å². The van der Waals surface area contributed by atoms with E-state index in [9.17, 15) is 4.79 Å². The zero-order valence-corrected chi connectivity index (χ0v) is 8.69. The van der Waals surface area contributed by atoms with Crippen LogP contribution in [0.3, 0.4) is 0 Å². The van der Waals surface area contributed by atoms with Crippen molar-refractivity contribution in [1.82, 2.24) is 0 Å². The number of ether oxygens (including phenoxy) is 1. The Kier molecular flexibility index (Phi) is 3.34. The van der Waals surface area contributed by atoms with Gasteiger partial charge in [-0.2, -0.15) is 5.26 Å². The standard InChI is InChI=1S/C9H5Cl2NO2/c1-14-9-6(8(13)4-12)2-5(10)3-7(9)11/h2-3H,1H3. The third-order valence-electron chi connectivity index (χ3n) is 1.56. The zero-order valence-electron chi connectivity index (χ0n) is 7.17. The van der Waals surface area contributed by atoms with Crippen LogP contribution in [0.15, 0.2) is 12.1 Å². The van der Waals surface area contributed by atoms with Crippen LogP contribution in [0.2, 0.25) is 10.0 Å². The molecule has 0 atom stereocenters. The van der Waals surface area contributed by atoms with Crippen molar-refractivity contribution in [2.24, 2.45) is 0 Å². The average Bonchev–Trinajstić information content (AvgIpc) is 2.15. The average molecular weight is 230 g/mol. The summed E-state index contributed by atoms with van der Waals surface area (Å²) in [4.78, 5) is 11.1. The van der Waals surface area contributed by atoms with Crippen molar-refractivity contribution in [3.05, 3.63) is 27.7 Å². The van der Waals surface area contributed by atoms with Gasteiger partial charge in [-0.05, 0) is 12.1 Å². The van der Waals surface area contributed by atoms with E-state index in [1.807, 2.05) is 0 Å². The van der Waals surface area contributed by atoms with Crippen molar-refractivity contribution >= 4 is 29.0 Å². The van der Waals surface area contributed by atoms with Crippen molar-refractivity contribution in [3.63, 3.8) is 0 Å². The van der Waals surface area contributed by atoms with Gasteiger partial charge in [0, 0.05) is 5.02 Å². The molecule has 0 saturated carbocycles. The predicted octanol–water partition coefficient (Wildman–Crippen LogP) is 2.71. The lowest BCUT2D eigenvalue weighted by Gasteiger charge is -2.06. The summed E-state index contributed by atoms with van der Waals surface area (Å²) in [5.74, 6) is -0.561. The first-order valence-electron chi connectivity index (χ1n) is 3.57. The van der Waals surface area contributed by atoms with Crippen LogP contribution in [-0.4, -0.2) is 12.9 Å². The molecular weight excluding hydrogens is 225 g/mol. The minimum atomic E-state index is -0.730. The summed E-state index contributed by atoms with van der Waals surface area (Å²) in [5, 5.41) is 8.94. The highest BCUT2D eigenvalue weighted by Gasteiger charge is 2.15. The van der Waals surface area contributed by atoms with Crippen molar-refractivity contribution < 1.29 is 9.53 Å². The molecule has 0 saturated heterocycles. The Bertz CT molecular complexity index is 424. The first-order valence-corrected chi connectivity index (χ1v) is 4.33. The number of Topliss-reactive ketones (excluding diaryl/α,β-unsaturated/α-hetero) is 1. The molecule has 0 heterocycles. The minimum Gasteiger partial charge on any atom is -0.494 e. The SMILES string of the molecule is COc1c(Cl)cc(Cl)cc1C(=O)C#N. The molecule has 0 bridgehead atoms. The second-order valence-corrected chi connectivity index (χ2v) is 3.25. The van der Waals surface area contributed by atoms with Gasteiger partial charge >= 0.3 is 0 Å². The minimum absolute atomic E-state index is 0.0764. The monoisotopic (exact) mass is 229 g/mol. The molecule has 14 heavy (non-hydrogen) atoms. The molecule has 0 N–H and O–H groups in total. The fourth-order valence-corrected chi connectivity index (χ4v) is 1.57. The van der Waals surface area contributed by atoms with Gasteiger partial charge in [0.25, 0.3) is 5.78 Å². The van der Waals surface area contributed by atoms with Gasteiger partial charge in [0.2, 0.25) is 0 Å². The van der Waals surface area contributed by atoms with Crippen LogP contribution >= 0.6 is 23.2 Å². The number of nitrogens with zero attached hydrogens (tertiary/aromatic N) is 1. The number of carbonyl (C=O) groups is 1. The molecule has 0 aliphatic rings. The summed E-state index contributed by atoms with van der Waals surface area (Å²) < 4.78 is 4.89. The summed E-state index contributed by atoms with van der Waals surface area (Å²) in [6.45, 7) is 0. The number of hydrogen-bond donors (Lipinski definition) is 0. The quantitative estimate of drug-likeness (QED) is 0.579. The Labute approximate surface area is 90.8 Å². The number of rotatable bonds is 2. The molecule has 3 nitrogen and oxygen atoms in total. The third-order valence-corrected chi connectivity index (χ3v) is 2.06. The van der Waals surface area contributed by atoms with Crippen molar-refractivity contribution in [3.8, 4) is 11.8 Å². The van der Waals surface area contributed by atoms with Crippen LogP contribution in [0.5, 0.6) is 5.75 Å². The Morgan fingerprint density at radius 2 is 2.14 bits per heavy atom. The summed E-state index contributed by atoms with van der Waals surface area (Å²) in [7, 11) is 1.36. The van der Waals surface area contributed by atoms with Crippen LogP contribution in [0.4, 0.5) is 0 Å². The molecule has 0 amide bonds. The summed E-state index contributed by atoms with van der Waals surface area (Å²) in [6.07, 6.45) is 0. The Hall–Kier alpha value is -1.24. The van der Waals surface area contributed by atoms with Crippen molar-refractivity contribution in [2.45, 2.75) is 0 Å². The van der Waals surface area contributed by atoms with Crippen LogP contribution in [0.25, 0.3) is 0 Å². The lowest BCUT2D eigenvalue weighted by atomic mass is 10.1. The first kappa shape index (κ1) is 10.8. The Morgan fingerprint density at radius 1 is 1.50 bits per heavy atom. The van der Waals surface area contributed by atoms with Gasteiger partial charge in [-0.25, -0.2) is 0 Å². The van der Waals surface area contributed by atoms with Crippen molar-refractivity contribution in [1.29, 1.82) is 5.26 Å². The number of benzene rings is 1. The van der Waals surface area contributed by atoms with Gasteiger partial charge in [0.1, 0.15) is 11.8 Å². The van der Waals surface area contributed by atoms with Crippen LogP contribution < -0.4 is 4.74 Å². The molecule has 0 unspecified atom stereocenters. The number of ketones is 1. The van der Waals surface area contributed by atoms with Gasteiger partial charge in [-0.15, -0.1) is 0 Å². The Balaban J connectivity index is 3.41. The summed E-state index contributed by atoms with van der Waals surface area (Å²) in [6, 6.07) is 4.26. The molecule has 5 heteroatoms. The maximum absolute atomic E-state index is 11.1. The maximum atomic E-state index is 11.1. The number of hydrogen-bond acceptors (Lipinski definition) is 3. The molecule has 0 aliphatic heterocycles. The summed E-state index contributed by atoms with van der Waals surface area (Å²) >= 11 is 11.4. The fraction of sp³-hybridized carbons (Fsp3) is 0.111. The maximum Gasteiger partial charge on any atom is 0.266 e. The van der Waals surface area contributed by atoms with E-state index in [-0.39, 0.29) is 21.4 Å². The second-order valence-electron chi connectivity index (χ2n) is 2.41. The van der Waals surface area contributed by atoms with Crippen LogP contribution in [-0.2, 0) is 0 Å². The number of nitriles is 1. The molecule has 1 aromatic carbocycles. The van der Waals surface area contributed by atoms with Gasteiger partial charge in [-0.1, -0.05) is 23.2 Å². The molecule has 0 aromatic heterocycles. The van der Waals surface area contributed by atoms with E-state index in [1.54, 1.807) is 0 Å². The number of halogens is 2. The molecule has 1 rings (SSSR count). The normalized spacial score (nSPS) is 9.29. The van der Waals surface area contributed by atoms with Crippen LogP contribution in [0, 0.1) is 11.3 Å². The zero-order chi connectivity index (χ0) is 10.7. The van der Waals surface area contributed by atoms with Gasteiger partial charge < -0.3 is 4.74 Å². The highest BCUT2D eigenvalue weighted by atomic mass is 35.5. The predicted molar refractivity (Wildman–Crippen MR) is 53.0 cm³/mol. The van der Waals surface area contributed by atoms with E-state index in [1.165, 1.54) is 25.3 Å². The molecule has 0 aliphatic carbocycles. The molecule has 0 fully saturated rings. The molecule has 72 valence electrons. The number of methoxy groups -OCH3 is 1. The lowest BCUT2D eigenvalue weighted by molar-refractivity contribution is 0.105. The molecular formula is C9H5Cl2NO2. The topological polar surface area (TPSA) is 50.1 Å². The van der Waals surface area contributed by atoms with E-state index in [4.69, 9.17) is 33.2 Å². The first-order chi connectivity index (χ1) is 6.60. The van der Waals surface area contributed by atoms with Crippen molar-refractivity contribution in [2.75, 3.05) is 7.11 Å². The molecule has 0 radical (unpaired) electrons. The second kappa shape index (κ2) is 4.32. The molecule has 0 spiro atoms. The van der Waals surface area contributed by atoms with E-state index in [2.05, 4.69) is 0 Å². The molecule has 1 aromatic rings. The van der Waals surface area contributed by atoms with E-state index in [0.717, 1.165) is 0 Å². The van der Waals surface area contributed by atoms with E-state index < -0.39 is 5.78 Å². The Morgan fingerprint density at radius 3 is 2.64 bits per heavy atom. The van der Waals surface area contributed by atoms with Gasteiger partial charge in [0.15, 0.2) is 0 Å². The highest BCUT2D eigenvalue weighted by molar-refractivity contribution is 6.36. The van der Waals surface area contributed by atoms with E-state index >= 15 is 0 Å². The fourth-order valence-electron chi connectivity index (χ4n) is 0.997. The van der Waals surface area contributed by atoms with Gasteiger partial charge in [-0.3, -0.25) is 4.79 Å². The summed E-state index contributed by atoms with van der Waals surface area (Å²) in [5.41, 5.74) is 0.0764. The number of carbonyl (C=O) groups excluding carboxylic acids is 1. The smallest absolute Gasteiger partial charge is 0.266 e. The van der Waals surface area contributed by atoms with Gasteiger partial charge in [0.05, 0.1) is 17.7 Å². The highest BCUT2D eigenvalue weighted by Crippen LogP contribution is 2.32. The largest absolute Gasteiger partial charge is 0.494 e.